The third-order valence-electron chi connectivity index (χ3n) is 4.14. The molecule has 0 bridgehead atoms. The zero-order chi connectivity index (χ0) is 21.4. The maximum Gasteiger partial charge on any atom is 0.258 e. The Morgan fingerprint density at radius 1 is 1.04 bits per heavy atom. The Labute approximate surface area is 166 Å². The number of ketones is 1. The molecule has 0 amide bonds. The van der Waals surface area contributed by atoms with Crippen molar-refractivity contribution in [1.82, 2.24) is 14.5 Å². The van der Waals surface area contributed by atoms with E-state index in [-0.39, 0.29) is 11.3 Å². The predicted molar refractivity (Wildman–Crippen MR) is 117 cm³/mol. The second kappa shape index (κ2) is 10.3. The summed E-state index contributed by atoms with van der Waals surface area (Å²) in [5.41, 5.74) is 8.77. The Morgan fingerprint density at radius 3 is 2.25 bits per heavy atom. The van der Waals surface area contributed by atoms with Crippen molar-refractivity contribution in [3.8, 4) is 11.1 Å². The van der Waals surface area contributed by atoms with Gasteiger partial charge in [0.15, 0.2) is 5.78 Å². The molecule has 6 nitrogen and oxygen atoms in total. The van der Waals surface area contributed by atoms with Gasteiger partial charge in [0.2, 0.25) is 0 Å². The van der Waals surface area contributed by atoms with E-state index in [9.17, 15) is 9.59 Å². The number of hydrogen-bond donors (Lipinski definition) is 1. The fraction of sp³-hybridized carbons (Fsp3) is 0.364. The smallest absolute Gasteiger partial charge is 0.258 e. The van der Waals surface area contributed by atoms with Gasteiger partial charge in [0.05, 0.1) is 5.52 Å². The summed E-state index contributed by atoms with van der Waals surface area (Å²) < 4.78 is 1.55. The largest absolute Gasteiger partial charge is 0.384 e. The fourth-order valence-electron chi connectivity index (χ4n) is 2.74. The number of Topliss-reactive ketones (excluding diaryl/α,β-unsaturated/α-hetero) is 1. The second-order valence-corrected chi connectivity index (χ2v) is 5.75. The van der Waals surface area contributed by atoms with E-state index in [1.165, 1.54) is 0 Å². The molecule has 0 aliphatic rings. The minimum Gasteiger partial charge on any atom is -0.384 e. The van der Waals surface area contributed by atoms with E-state index >= 15 is 0 Å². The zero-order valence-electron chi connectivity index (χ0n) is 17.8. The molecule has 0 radical (unpaired) electrons. The van der Waals surface area contributed by atoms with Gasteiger partial charge in [0, 0.05) is 48.4 Å². The van der Waals surface area contributed by atoms with Crippen LogP contribution in [0.5, 0.6) is 0 Å². The number of nitrogens with zero attached hydrogens (tertiary/aromatic N) is 3. The number of pyridine rings is 3. The molecule has 0 aliphatic heterocycles. The highest BCUT2D eigenvalue weighted by Gasteiger charge is 2.14. The number of aromatic nitrogens is 3. The number of carbonyl (C=O) groups is 1. The van der Waals surface area contributed by atoms with Crippen LogP contribution < -0.4 is 11.3 Å². The van der Waals surface area contributed by atoms with Crippen molar-refractivity contribution in [2.24, 2.45) is 7.05 Å². The summed E-state index contributed by atoms with van der Waals surface area (Å²) in [5.74, 6) is 0.348. The van der Waals surface area contributed by atoms with Crippen molar-refractivity contribution in [2.45, 2.75) is 48.0 Å². The summed E-state index contributed by atoms with van der Waals surface area (Å²) in [6.07, 6.45) is 3.63. The van der Waals surface area contributed by atoms with Gasteiger partial charge >= 0.3 is 0 Å². The monoisotopic (exact) mass is 382 g/mol. The SMILES string of the molecule is CC.CC.CCC(=O)c1cc(C)c(-c2cc3cnc(N)cc3n(C)c2=O)cn1. The number of rotatable bonds is 3. The molecule has 28 heavy (non-hydrogen) atoms. The van der Waals surface area contributed by atoms with Crippen LogP contribution in [0.2, 0.25) is 0 Å². The molecule has 3 heterocycles. The molecule has 3 aromatic rings. The van der Waals surface area contributed by atoms with Gasteiger partial charge in [0.25, 0.3) is 5.56 Å². The Morgan fingerprint density at radius 2 is 1.68 bits per heavy atom. The quantitative estimate of drug-likeness (QED) is 0.672. The highest BCUT2D eigenvalue weighted by atomic mass is 16.1. The minimum atomic E-state index is -0.146. The molecule has 0 saturated carbocycles. The van der Waals surface area contributed by atoms with Crippen molar-refractivity contribution in [3.63, 3.8) is 0 Å². The first-order valence-electron chi connectivity index (χ1n) is 9.68. The normalized spacial score (nSPS) is 9.82. The molecule has 2 N–H and O–H groups in total. The van der Waals surface area contributed by atoms with E-state index in [0.717, 1.165) is 16.5 Å². The minimum absolute atomic E-state index is 0.0178. The molecule has 0 atom stereocenters. The average molecular weight is 383 g/mol. The lowest BCUT2D eigenvalue weighted by atomic mass is 10.0. The lowest BCUT2D eigenvalue weighted by Gasteiger charge is -2.11. The van der Waals surface area contributed by atoms with Crippen molar-refractivity contribution in [3.05, 3.63) is 52.2 Å². The second-order valence-electron chi connectivity index (χ2n) is 5.75. The molecule has 3 rings (SSSR count). The van der Waals surface area contributed by atoms with E-state index in [1.54, 1.807) is 49.1 Å². The standard InChI is InChI=1S/C18H18N4O2.2C2H6/c1-4-16(23)14-5-10(2)13(9-20-14)12-6-11-8-21-17(19)7-15(11)22(3)18(12)24;2*1-2/h5-9H,4H2,1-3H3,(H2,19,21);2*1-2H3. The zero-order valence-corrected chi connectivity index (χ0v) is 17.8. The van der Waals surface area contributed by atoms with E-state index in [4.69, 9.17) is 5.73 Å². The first kappa shape index (κ1) is 23.0. The summed E-state index contributed by atoms with van der Waals surface area (Å²) in [6, 6.07) is 5.19. The van der Waals surface area contributed by atoms with Crippen molar-refractivity contribution in [2.75, 3.05) is 5.73 Å². The van der Waals surface area contributed by atoms with Crippen LogP contribution in [0.1, 0.15) is 57.1 Å². The number of nitrogen functional groups attached to an aromatic ring is 1. The number of hydrogen-bond acceptors (Lipinski definition) is 5. The number of aryl methyl sites for hydroxylation is 2. The van der Waals surface area contributed by atoms with E-state index < -0.39 is 0 Å². The van der Waals surface area contributed by atoms with Gasteiger partial charge in [-0.05, 0) is 24.6 Å². The number of anilines is 1. The van der Waals surface area contributed by atoms with Crippen LogP contribution in [0.4, 0.5) is 5.82 Å². The van der Waals surface area contributed by atoms with Gasteiger partial charge in [-0.2, -0.15) is 0 Å². The molecule has 0 aromatic carbocycles. The van der Waals surface area contributed by atoms with Gasteiger partial charge in [-0.25, -0.2) is 4.98 Å². The molecule has 6 heteroatoms. The Bertz CT molecular complexity index is 1020. The van der Waals surface area contributed by atoms with E-state index in [1.807, 2.05) is 34.6 Å². The summed E-state index contributed by atoms with van der Waals surface area (Å²) >= 11 is 0. The third kappa shape index (κ3) is 4.63. The first-order chi connectivity index (χ1) is 13.4. The van der Waals surface area contributed by atoms with Crippen LogP contribution in [-0.2, 0) is 7.05 Å². The van der Waals surface area contributed by atoms with Crippen LogP contribution in [-0.4, -0.2) is 20.3 Å². The Balaban J connectivity index is 0.000000921. The van der Waals surface area contributed by atoms with Gasteiger partial charge in [-0.3, -0.25) is 14.6 Å². The summed E-state index contributed by atoms with van der Waals surface area (Å²) in [6.45, 7) is 11.7. The highest BCUT2D eigenvalue weighted by Crippen LogP contribution is 2.24. The van der Waals surface area contributed by atoms with Gasteiger partial charge in [-0.1, -0.05) is 34.6 Å². The molecule has 0 unspecified atom stereocenters. The topological polar surface area (TPSA) is 90.9 Å². The molecule has 0 spiro atoms. The Hall–Kier alpha value is -3.02. The molecular formula is C22H30N4O2. The van der Waals surface area contributed by atoms with E-state index in [2.05, 4.69) is 9.97 Å². The number of carbonyl (C=O) groups excluding carboxylic acids is 1. The van der Waals surface area contributed by atoms with Crippen LogP contribution in [0.15, 0.2) is 35.4 Å². The molecular weight excluding hydrogens is 352 g/mol. The first-order valence-corrected chi connectivity index (χ1v) is 9.68. The molecule has 0 fully saturated rings. The van der Waals surface area contributed by atoms with E-state index in [0.29, 0.717) is 29.1 Å². The lowest BCUT2D eigenvalue weighted by molar-refractivity contribution is 0.0983. The summed E-state index contributed by atoms with van der Waals surface area (Å²) in [5, 5.41) is 0.814. The average Bonchev–Trinajstić information content (AvgIpc) is 2.73. The Kier molecular flexibility index (Phi) is 8.51. The highest BCUT2D eigenvalue weighted by molar-refractivity contribution is 5.94. The van der Waals surface area contributed by atoms with Gasteiger partial charge in [0.1, 0.15) is 11.5 Å². The third-order valence-corrected chi connectivity index (χ3v) is 4.14. The molecule has 150 valence electrons. The lowest BCUT2D eigenvalue weighted by Crippen LogP contribution is -2.19. The summed E-state index contributed by atoms with van der Waals surface area (Å²) in [7, 11) is 1.70. The molecule has 0 saturated heterocycles. The maximum atomic E-state index is 12.7. The van der Waals surface area contributed by atoms with Crippen molar-refractivity contribution >= 4 is 22.5 Å². The van der Waals surface area contributed by atoms with Gasteiger partial charge in [-0.15, -0.1) is 0 Å². The number of nitrogens with two attached hydrogens (primary N) is 1. The summed E-state index contributed by atoms with van der Waals surface area (Å²) in [4.78, 5) is 32.8. The van der Waals surface area contributed by atoms with Crippen LogP contribution in [0, 0.1) is 6.92 Å². The predicted octanol–water partition coefficient (Wildman–Crippen LogP) is 4.53. The van der Waals surface area contributed by atoms with Crippen LogP contribution in [0.25, 0.3) is 22.0 Å². The number of fused-ring (bicyclic) bond motifs is 1. The fourth-order valence-corrected chi connectivity index (χ4v) is 2.74. The van der Waals surface area contributed by atoms with Gasteiger partial charge < -0.3 is 10.3 Å². The van der Waals surface area contributed by atoms with Crippen molar-refractivity contribution in [1.29, 1.82) is 0 Å². The molecule has 3 aromatic heterocycles. The van der Waals surface area contributed by atoms with Crippen molar-refractivity contribution < 1.29 is 4.79 Å². The van der Waals surface area contributed by atoms with Crippen LogP contribution >= 0.6 is 0 Å². The maximum absolute atomic E-state index is 12.7. The van der Waals surface area contributed by atoms with Crippen LogP contribution in [0.3, 0.4) is 0 Å². The molecule has 0 aliphatic carbocycles.